The van der Waals surface area contributed by atoms with Gasteiger partial charge in [0.05, 0.1) is 0 Å². The lowest BCUT2D eigenvalue weighted by Crippen LogP contribution is -2.61. The number of allylic oxidation sites excluding steroid dienone is 2. The predicted molar refractivity (Wildman–Crippen MR) is 251 cm³/mol. The van der Waals surface area contributed by atoms with E-state index < -0.39 is 0 Å². The van der Waals surface area contributed by atoms with E-state index in [-0.39, 0.29) is 6.71 Å². The molecule has 0 unspecified atom stereocenters. The monoisotopic (exact) mass is 766 g/mol. The van der Waals surface area contributed by atoms with Crippen molar-refractivity contribution < 1.29 is 8.83 Å². The number of benzene rings is 8. The van der Waals surface area contributed by atoms with Crippen LogP contribution in [-0.2, 0) is 0 Å². The Balaban J connectivity index is 1.06. The summed E-state index contributed by atoms with van der Waals surface area (Å²) in [5.41, 5.74) is 19.4. The van der Waals surface area contributed by atoms with E-state index in [1.165, 1.54) is 50.3 Å². The van der Waals surface area contributed by atoms with E-state index in [0.717, 1.165) is 73.2 Å². The number of para-hydroxylation sites is 3. The van der Waals surface area contributed by atoms with Gasteiger partial charge in [-0.2, -0.15) is 0 Å². The van der Waals surface area contributed by atoms with Gasteiger partial charge in [-0.15, -0.1) is 0 Å². The van der Waals surface area contributed by atoms with Gasteiger partial charge in [0.25, 0.3) is 6.71 Å². The zero-order valence-electron chi connectivity index (χ0n) is 32.5. The van der Waals surface area contributed by atoms with Gasteiger partial charge >= 0.3 is 0 Å². The summed E-state index contributed by atoms with van der Waals surface area (Å²) in [6.45, 7) is -0.0403. The molecule has 0 saturated carbocycles. The largest absolute Gasteiger partial charge is 0.456 e. The Morgan fingerprint density at radius 3 is 1.60 bits per heavy atom. The number of furan rings is 2. The molecule has 0 saturated heterocycles. The minimum atomic E-state index is -0.0403. The summed E-state index contributed by atoms with van der Waals surface area (Å²) in [6, 6.07) is 64.1. The third kappa shape index (κ3) is 4.93. The van der Waals surface area contributed by atoms with Crippen LogP contribution >= 0.6 is 0 Å². The summed E-state index contributed by atoms with van der Waals surface area (Å²) in [6.07, 6.45) is 9.57. The Morgan fingerprint density at radius 1 is 0.400 bits per heavy atom. The lowest BCUT2D eigenvalue weighted by Gasteiger charge is -2.44. The van der Waals surface area contributed by atoms with Crippen LogP contribution in [-0.4, -0.2) is 6.71 Å². The second kappa shape index (κ2) is 12.9. The zero-order valence-corrected chi connectivity index (χ0v) is 32.5. The van der Waals surface area contributed by atoms with E-state index >= 15 is 0 Å². The lowest BCUT2D eigenvalue weighted by molar-refractivity contribution is 0.603. The maximum absolute atomic E-state index is 6.33. The smallest absolute Gasteiger partial charge is 0.252 e. The molecule has 10 aromatic rings. The van der Waals surface area contributed by atoms with Crippen LogP contribution in [0.2, 0.25) is 0 Å². The van der Waals surface area contributed by atoms with E-state index in [0.29, 0.717) is 0 Å². The molecule has 2 aromatic heterocycles. The van der Waals surface area contributed by atoms with Crippen molar-refractivity contribution in [3.63, 3.8) is 0 Å². The molecule has 5 heteroatoms. The van der Waals surface area contributed by atoms with Crippen LogP contribution in [0.25, 0.3) is 67.3 Å². The van der Waals surface area contributed by atoms with Crippen molar-refractivity contribution in [2.24, 2.45) is 0 Å². The van der Waals surface area contributed by atoms with Crippen LogP contribution in [0.1, 0.15) is 17.7 Å². The molecular formula is C55H35BN2O2. The second-order valence-corrected chi connectivity index (χ2v) is 16.0. The fourth-order valence-corrected chi connectivity index (χ4v) is 9.97. The first kappa shape index (κ1) is 33.2. The van der Waals surface area contributed by atoms with Gasteiger partial charge in [-0.25, -0.2) is 0 Å². The number of fused-ring (bicyclic) bond motifs is 10. The van der Waals surface area contributed by atoms with E-state index in [1.807, 2.05) is 12.1 Å². The van der Waals surface area contributed by atoms with Crippen molar-refractivity contribution in [1.82, 2.24) is 0 Å². The molecular weight excluding hydrogens is 731 g/mol. The maximum Gasteiger partial charge on any atom is 0.252 e. The highest BCUT2D eigenvalue weighted by Gasteiger charge is 2.43. The molecule has 0 amide bonds. The van der Waals surface area contributed by atoms with Gasteiger partial charge in [-0.05, 0) is 130 Å². The summed E-state index contributed by atoms with van der Waals surface area (Å²) in [7, 11) is 0. The summed E-state index contributed by atoms with van der Waals surface area (Å²) in [5, 5.41) is 3.40. The molecule has 1 aliphatic carbocycles. The molecule has 0 bridgehead atoms. The van der Waals surface area contributed by atoms with Crippen LogP contribution in [0.4, 0.5) is 34.1 Å². The minimum Gasteiger partial charge on any atom is -0.456 e. The van der Waals surface area contributed by atoms with Gasteiger partial charge in [0.2, 0.25) is 0 Å². The molecule has 3 aliphatic rings. The SMILES string of the molecule is C1=Cc2oc3ccc(-c4ccc5c(c4)B4c6cc(-c7ccc8oc9ccccc9c8c7)ccc6N(c6ccccc6)c6cccc(c64)N5c4ccccc4)cc3c2C=CC1. The number of rotatable bonds is 4. The Hall–Kier alpha value is -7.76. The summed E-state index contributed by atoms with van der Waals surface area (Å²) in [5.74, 6) is 0.918. The highest BCUT2D eigenvalue weighted by atomic mass is 16.3. The van der Waals surface area contributed by atoms with Crippen molar-refractivity contribution in [2.75, 3.05) is 9.80 Å². The van der Waals surface area contributed by atoms with E-state index in [1.54, 1.807) is 0 Å². The first-order chi connectivity index (χ1) is 29.7. The third-order valence-corrected chi connectivity index (χ3v) is 12.6. The molecule has 0 radical (unpaired) electrons. The van der Waals surface area contributed by atoms with Crippen molar-refractivity contribution in [3.05, 3.63) is 199 Å². The van der Waals surface area contributed by atoms with Gasteiger partial charge in [0, 0.05) is 55.8 Å². The van der Waals surface area contributed by atoms with E-state index in [9.17, 15) is 0 Å². The fraction of sp³-hybridized carbons (Fsp3) is 0.0182. The van der Waals surface area contributed by atoms with Crippen LogP contribution in [0.15, 0.2) is 197 Å². The minimum absolute atomic E-state index is 0.0403. The summed E-state index contributed by atoms with van der Waals surface area (Å²) in [4.78, 5) is 4.92. The summed E-state index contributed by atoms with van der Waals surface area (Å²) >= 11 is 0. The molecule has 60 heavy (non-hydrogen) atoms. The molecule has 0 fully saturated rings. The first-order valence-corrected chi connectivity index (χ1v) is 20.7. The molecule has 2 aliphatic heterocycles. The average Bonchev–Trinajstić information content (AvgIpc) is 3.76. The average molecular weight is 767 g/mol. The van der Waals surface area contributed by atoms with Crippen LogP contribution in [0.3, 0.4) is 0 Å². The number of nitrogens with zero attached hydrogens (tertiary/aromatic N) is 2. The van der Waals surface area contributed by atoms with Gasteiger partial charge in [0.15, 0.2) is 0 Å². The van der Waals surface area contributed by atoms with Gasteiger partial charge in [0.1, 0.15) is 22.5 Å². The van der Waals surface area contributed by atoms with Gasteiger partial charge in [-0.3, -0.25) is 0 Å². The zero-order chi connectivity index (χ0) is 39.3. The molecule has 0 N–H and O–H groups in total. The van der Waals surface area contributed by atoms with Gasteiger partial charge in [-0.1, -0.05) is 115 Å². The second-order valence-electron chi connectivity index (χ2n) is 16.0. The Labute approximate surface area is 347 Å². The summed E-state index contributed by atoms with van der Waals surface area (Å²) < 4.78 is 12.6. The third-order valence-electron chi connectivity index (χ3n) is 12.6. The van der Waals surface area contributed by atoms with Gasteiger partial charge < -0.3 is 18.6 Å². The number of hydrogen-bond acceptors (Lipinski definition) is 4. The normalized spacial score (nSPS) is 13.7. The van der Waals surface area contributed by atoms with Crippen LogP contribution in [0.5, 0.6) is 0 Å². The highest BCUT2D eigenvalue weighted by molar-refractivity contribution is 7.00. The Bertz CT molecular complexity index is 3420. The topological polar surface area (TPSA) is 32.8 Å². The molecule has 8 aromatic carbocycles. The molecule has 280 valence electrons. The van der Waals surface area contributed by atoms with E-state index in [2.05, 4.69) is 198 Å². The highest BCUT2D eigenvalue weighted by Crippen LogP contribution is 2.45. The molecule has 4 nitrogen and oxygen atoms in total. The van der Waals surface area contributed by atoms with Crippen LogP contribution < -0.4 is 26.2 Å². The first-order valence-electron chi connectivity index (χ1n) is 20.7. The standard InChI is InChI=1S/C55H35BN2O2/c1-4-13-39(14-5-1)57-47-27-23-37(35-25-29-53-43(31-35)41-17-8-3-9-21-51(41)59-53)33-45(47)56-46-34-38(36-26-30-54-44(32-36)42-18-10-11-22-52(42)60-54)24-28-48(46)58(40-15-6-2-7-16-40)50-20-12-19-49(57)55(50)56/h1-2,4-34H,3H2. The molecule has 4 heterocycles. The quantitative estimate of drug-likeness (QED) is 0.167. The van der Waals surface area contributed by atoms with Crippen molar-refractivity contribution in [2.45, 2.75) is 6.42 Å². The lowest BCUT2D eigenvalue weighted by atomic mass is 9.33. The molecule has 0 atom stereocenters. The number of hydrogen-bond donors (Lipinski definition) is 0. The van der Waals surface area contributed by atoms with Crippen molar-refractivity contribution in [1.29, 1.82) is 0 Å². The number of anilines is 6. The predicted octanol–water partition coefficient (Wildman–Crippen LogP) is 13.2. The van der Waals surface area contributed by atoms with Crippen LogP contribution in [0, 0.1) is 0 Å². The van der Waals surface area contributed by atoms with Crippen molar-refractivity contribution >= 4 is 102 Å². The molecule has 0 spiro atoms. The van der Waals surface area contributed by atoms with E-state index in [4.69, 9.17) is 8.83 Å². The van der Waals surface area contributed by atoms with Crippen molar-refractivity contribution in [3.8, 4) is 22.3 Å². The Kier molecular flexibility index (Phi) is 7.13. The Morgan fingerprint density at radius 2 is 0.933 bits per heavy atom. The maximum atomic E-state index is 6.33. The fourth-order valence-electron chi connectivity index (χ4n) is 9.97. The molecule has 13 rings (SSSR count).